The van der Waals surface area contributed by atoms with Gasteiger partial charge in [-0.25, -0.2) is 0 Å². The van der Waals surface area contributed by atoms with Gasteiger partial charge in [0.25, 0.3) is 0 Å². The number of rotatable bonds is 6. The van der Waals surface area contributed by atoms with Crippen LogP contribution in [0.3, 0.4) is 0 Å². The van der Waals surface area contributed by atoms with E-state index in [-0.39, 0.29) is 0 Å². The number of carbonyl (C=O) groups is 2. The third-order valence-corrected chi connectivity index (χ3v) is 1.66. The lowest BCUT2D eigenvalue weighted by atomic mass is 10.0. The first kappa shape index (κ1) is 13.2. The van der Waals surface area contributed by atoms with Gasteiger partial charge in [0.05, 0.1) is 13.0 Å². The first-order chi connectivity index (χ1) is 6.40. The maximum absolute atomic E-state index is 11.0. The lowest BCUT2D eigenvalue weighted by Gasteiger charge is -2.19. The molecule has 0 amide bonds. The van der Waals surface area contributed by atoms with Gasteiger partial charge in [0.2, 0.25) is 0 Å². The summed E-state index contributed by atoms with van der Waals surface area (Å²) < 4.78 is 0. The summed E-state index contributed by atoms with van der Waals surface area (Å²) in [5, 5.41) is 35.5. The number of aliphatic hydroxyl groups is 4. The van der Waals surface area contributed by atoms with Crippen molar-refractivity contribution in [2.75, 3.05) is 6.61 Å². The van der Waals surface area contributed by atoms with Gasteiger partial charge in [0.1, 0.15) is 24.1 Å². The summed E-state index contributed by atoms with van der Waals surface area (Å²) in [6.07, 6.45) is -5.72. The Morgan fingerprint density at radius 1 is 1.21 bits per heavy atom. The molecule has 0 aromatic heterocycles. The van der Waals surface area contributed by atoms with Crippen LogP contribution in [-0.2, 0) is 9.59 Å². The average molecular weight is 206 g/mol. The number of carbonyl (C=O) groups excluding carboxylic acids is 2. The van der Waals surface area contributed by atoms with E-state index in [9.17, 15) is 9.59 Å². The Labute approximate surface area is 80.8 Å². The predicted molar refractivity (Wildman–Crippen MR) is 45.4 cm³/mol. The van der Waals surface area contributed by atoms with Crippen LogP contribution in [0.5, 0.6) is 0 Å². The molecule has 0 aromatic carbocycles. The van der Waals surface area contributed by atoms with E-state index in [0.29, 0.717) is 0 Å². The fourth-order valence-corrected chi connectivity index (χ4v) is 0.859. The first-order valence-electron chi connectivity index (χ1n) is 4.07. The molecular weight excluding hydrogens is 192 g/mol. The first-order valence-corrected chi connectivity index (χ1v) is 4.07. The molecule has 6 nitrogen and oxygen atoms in total. The van der Waals surface area contributed by atoms with Crippen molar-refractivity contribution < 1.29 is 30.0 Å². The van der Waals surface area contributed by atoms with E-state index in [1.54, 1.807) is 0 Å². The van der Waals surface area contributed by atoms with Crippen LogP contribution in [0, 0.1) is 0 Å². The minimum absolute atomic E-state index is 0.445. The normalized spacial score (nSPS) is 17.2. The highest BCUT2D eigenvalue weighted by Gasteiger charge is 2.29. The molecule has 0 heterocycles. The van der Waals surface area contributed by atoms with E-state index in [4.69, 9.17) is 20.4 Å². The van der Waals surface area contributed by atoms with Crippen LogP contribution in [0.1, 0.15) is 13.3 Å². The summed E-state index contributed by atoms with van der Waals surface area (Å²) in [4.78, 5) is 21.5. The van der Waals surface area contributed by atoms with Crippen LogP contribution < -0.4 is 0 Å². The molecule has 0 spiro atoms. The molecule has 0 radical (unpaired) electrons. The molecule has 0 saturated heterocycles. The lowest BCUT2D eigenvalue weighted by molar-refractivity contribution is -0.142. The van der Waals surface area contributed by atoms with Crippen molar-refractivity contribution in [1.82, 2.24) is 0 Å². The topological polar surface area (TPSA) is 115 Å². The summed E-state index contributed by atoms with van der Waals surface area (Å²) >= 11 is 0. The molecule has 0 saturated carbocycles. The van der Waals surface area contributed by atoms with Crippen molar-refractivity contribution in [1.29, 1.82) is 0 Å². The Morgan fingerprint density at radius 3 is 2.07 bits per heavy atom. The summed E-state index contributed by atoms with van der Waals surface area (Å²) in [6.45, 7) is 0.394. The van der Waals surface area contributed by atoms with Crippen molar-refractivity contribution in [3.8, 4) is 0 Å². The van der Waals surface area contributed by atoms with Gasteiger partial charge >= 0.3 is 0 Å². The molecule has 0 rings (SSSR count). The molecule has 4 N–H and O–H groups in total. The second kappa shape index (κ2) is 5.82. The zero-order valence-corrected chi connectivity index (χ0v) is 7.75. The van der Waals surface area contributed by atoms with Gasteiger partial charge in [0.15, 0.2) is 5.78 Å². The third kappa shape index (κ3) is 3.93. The standard InChI is InChI=1S/C8H14O6/c1-4(10)2-5(11)7(13)8(14)6(12)3-9/h6-9,12-14H,2-3H2,1H3/t6-,7+,8-/m1/s1. The van der Waals surface area contributed by atoms with Gasteiger partial charge in [-0.15, -0.1) is 0 Å². The van der Waals surface area contributed by atoms with Gasteiger partial charge in [-0.2, -0.15) is 0 Å². The van der Waals surface area contributed by atoms with Gasteiger partial charge in [0, 0.05) is 0 Å². The molecule has 82 valence electrons. The van der Waals surface area contributed by atoms with Crippen LogP contribution >= 0.6 is 0 Å². The summed E-state index contributed by atoms with van der Waals surface area (Å²) in [5.74, 6) is -1.32. The van der Waals surface area contributed by atoms with Crippen molar-refractivity contribution in [3.05, 3.63) is 0 Å². The van der Waals surface area contributed by atoms with E-state index >= 15 is 0 Å². The van der Waals surface area contributed by atoms with Crippen molar-refractivity contribution in [3.63, 3.8) is 0 Å². The van der Waals surface area contributed by atoms with Crippen molar-refractivity contribution >= 4 is 11.6 Å². The maximum atomic E-state index is 11.0. The quantitative estimate of drug-likeness (QED) is 0.360. The van der Waals surface area contributed by atoms with E-state index < -0.39 is 42.9 Å². The smallest absolute Gasteiger partial charge is 0.171 e. The molecule has 0 aliphatic carbocycles. The van der Waals surface area contributed by atoms with Crippen LogP contribution in [0.2, 0.25) is 0 Å². The zero-order chi connectivity index (χ0) is 11.3. The molecule has 0 bridgehead atoms. The number of Topliss-reactive ketones (excluding diaryl/α,β-unsaturated/α-hetero) is 2. The minimum Gasteiger partial charge on any atom is -0.394 e. The number of hydrogen-bond acceptors (Lipinski definition) is 6. The molecule has 3 atom stereocenters. The number of aliphatic hydroxyl groups excluding tert-OH is 4. The summed E-state index contributed by atoms with van der Waals surface area (Å²) in [7, 11) is 0. The van der Waals surface area contributed by atoms with E-state index in [1.807, 2.05) is 0 Å². The Kier molecular flexibility index (Phi) is 5.47. The second-order valence-electron chi connectivity index (χ2n) is 3.03. The lowest BCUT2D eigenvalue weighted by Crippen LogP contribution is -2.44. The monoisotopic (exact) mass is 206 g/mol. The number of ketones is 2. The SMILES string of the molecule is CC(=O)CC(=O)[C@H](O)[C@H](O)[C@H](O)CO. The molecule has 6 heteroatoms. The highest BCUT2D eigenvalue weighted by Crippen LogP contribution is 2.03. The van der Waals surface area contributed by atoms with Crippen LogP contribution in [0.15, 0.2) is 0 Å². The fraction of sp³-hybridized carbons (Fsp3) is 0.750. The van der Waals surface area contributed by atoms with Crippen molar-refractivity contribution in [2.45, 2.75) is 31.7 Å². The van der Waals surface area contributed by atoms with E-state index in [2.05, 4.69) is 0 Å². The maximum Gasteiger partial charge on any atom is 0.171 e. The molecule has 0 unspecified atom stereocenters. The Hall–Kier alpha value is -0.820. The van der Waals surface area contributed by atoms with Gasteiger partial charge in [-0.3, -0.25) is 9.59 Å². The van der Waals surface area contributed by atoms with Crippen molar-refractivity contribution in [2.24, 2.45) is 0 Å². The van der Waals surface area contributed by atoms with Gasteiger partial charge < -0.3 is 20.4 Å². The van der Waals surface area contributed by atoms with E-state index in [0.717, 1.165) is 0 Å². The predicted octanol–water partition coefficient (Wildman–Crippen LogP) is -2.39. The summed E-state index contributed by atoms with van der Waals surface area (Å²) in [6, 6.07) is 0. The van der Waals surface area contributed by atoms with Crippen LogP contribution in [0.25, 0.3) is 0 Å². The Balaban J connectivity index is 4.23. The Bertz CT molecular complexity index is 214. The van der Waals surface area contributed by atoms with E-state index in [1.165, 1.54) is 6.92 Å². The second-order valence-corrected chi connectivity index (χ2v) is 3.03. The van der Waals surface area contributed by atoms with Gasteiger partial charge in [-0.05, 0) is 6.92 Å². The Morgan fingerprint density at radius 2 is 1.71 bits per heavy atom. The average Bonchev–Trinajstić information content (AvgIpc) is 2.13. The molecule has 14 heavy (non-hydrogen) atoms. The fourth-order valence-electron chi connectivity index (χ4n) is 0.859. The third-order valence-electron chi connectivity index (χ3n) is 1.66. The molecule has 0 aliphatic heterocycles. The molecule has 0 fully saturated rings. The molecular formula is C8H14O6. The largest absolute Gasteiger partial charge is 0.394 e. The van der Waals surface area contributed by atoms with Crippen LogP contribution in [0.4, 0.5) is 0 Å². The highest BCUT2D eigenvalue weighted by atomic mass is 16.4. The zero-order valence-electron chi connectivity index (χ0n) is 7.75. The highest BCUT2D eigenvalue weighted by molar-refractivity contribution is 6.00. The minimum atomic E-state index is -1.85. The van der Waals surface area contributed by atoms with Crippen LogP contribution in [-0.4, -0.2) is 56.9 Å². The summed E-state index contributed by atoms with van der Waals surface area (Å²) in [5.41, 5.74) is 0. The van der Waals surface area contributed by atoms with Gasteiger partial charge in [-0.1, -0.05) is 0 Å². The molecule has 0 aromatic rings. The molecule has 0 aliphatic rings. The number of hydrogen-bond donors (Lipinski definition) is 4.